The van der Waals surface area contributed by atoms with Crippen molar-refractivity contribution in [1.82, 2.24) is 0 Å². The molecule has 0 unspecified atom stereocenters. The van der Waals surface area contributed by atoms with Gasteiger partial charge >= 0.3 is 7.94 Å². The first-order valence-corrected chi connectivity index (χ1v) is 18.5. The molecule has 3 aromatic rings. The number of hydrogen-bond acceptors (Lipinski definition) is 3. The van der Waals surface area contributed by atoms with Crippen LogP contribution in [-0.4, -0.2) is 6.16 Å². The highest BCUT2D eigenvalue weighted by Crippen LogP contribution is 2.62. The van der Waals surface area contributed by atoms with Crippen LogP contribution < -0.4 is 13.6 Å². The summed E-state index contributed by atoms with van der Waals surface area (Å²) in [7, 11) is -2.84. The van der Waals surface area contributed by atoms with Gasteiger partial charge in [0.05, 0.1) is 0 Å². The van der Waals surface area contributed by atoms with E-state index in [1.165, 1.54) is 77.0 Å². The van der Waals surface area contributed by atoms with Crippen LogP contribution in [0.25, 0.3) is 0 Å². The predicted octanol–water partition coefficient (Wildman–Crippen LogP) is 12.9. The molecule has 3 nitrogen and oxygen atoms in total. The third-order valence-electron chi connectivity index (χ3n) is 7.94. The lowest BCUT2D eigenvalue weighted by molar-refractivity contribution is 0.349. The average Bonchev–Trinajstić information content (AvgIpc) is 3.00. The zero-order valence-electron chi connectivity index (χ0n) is 27.4. The summed E-state index contributed by atoms with van der Waals surface area (Å²) < 4.78 is 20.5. The van der Waals surface area contributed by atoms with Crippen molar-refractivity contribution < 1.29 is 13.6 Å². The Labute approximate surface area is 263 Å². The van der Waals surface area contributed by atoms with E-state index >= 15 is 0 Å². The van der Waals surface area contributed by atoms with Crippen molar-refractivity contribution in [2.45, 2.75) is 118 Å². The van der Waals surface area contributed by atoms with Crippen LogP contribution in [0.4, 0.5) is 0 Å². The third-order valence-corrected chi connectivity index (χ3v) is 10.2. The Morgan fingerprint density at radius 2 is 0.814 bits per heavy atom. The van der Waals surface area contributed by atoms with Crippen LogP contribution in [0.3, 0.4) is 0 Å². The molecule has 0 fully saturated rings. The lowest BCUT2D eigenvalue weighted by atomic mass is 10.1. The SMILES string of the molecule is CCCCCCCC/C=C\CCCCCCCC[P+](Oc1ccccc1C)(Oc1ccccc1C)Oc1ccccc1C. The molecule has 234 valence electrons. The first-order chi connectivity index (χ1) is 21.0. The van der Waals surface area contributed by atoms with Gasteiger partial charge in [-0.2, -0.15) is 0 Å². The maximum Gasteiger partial charge on any atom is 0.541 e. The molecule has 0 atom stereocenters. The standard InChI is InChI=1S/C39H56O3P/c1-5-6-7-8-9-10-11-12-13-14-15-16-17-18-19-26-33-43(40-37-30-23-20-27-34(37)2,41-38-31-24-21-28-35(38)3)42-39-32-25-22-29-36(39)4/h12-13,20-25,27-32H,5-11,14-19,26,33H2,1-4H3/q+1/b13-12-. The summed E-state index contributed by atoms with van der Waals surface area (Å²) in [5.41, 5.74) is 3.24. The smallest absolute Gasteiger partial charge is 0.271 e. The van der Waals surface area contributed by atoms with Crippen molar-refractivity contribution >= 4 is 7.94 Å². The molecule has 0 aliphatic carbocycles. The molecule has 0 radical (unpaired) electrons. The summed E-state index contributed by atoms with van der Waals surface area (Å²) in [5.74, 6) is 2.47. The Morgan fingerprint density at radius 3 is 1.21 bits per heavy atom. The molecule has 3 rings (SSSR count). The number of aryl methyl sites for hydroxylation is 3. The van der Waals surface area contributed by atoms with Crippen molar-refractivity contribution in [2.75, 3.05) is 6.16 Å². The first-order valence-electron chi connectivity index (χ1n) is 16.8. The van der Waals surface area contributed by atoms with Gasteiger partial charge in [-0.3, -0.25) is 13.6 Å². The Hall–Kier alpha value is -2.77. The maximum absolute atomic E-state index is 6.83. The molecule has 0 saturated carbocycles. The fraction of sp³-hybridized carbons (Fsp3) is 0.487. The number of hydrogen-bond donors (Lipinski definition) is 0. The van der Waals surface area contributed by atoms with Gasteiger partial charge in [0.15, 0.2) is 23.4 Å². The highest BCUT2D eigenvalue weighted by atomic mass is 31.2. The Morgan fingerprint density at radius 1 is 0.465 bits per heavy atom. The quantitative estimate of drug-likeness (QED) is 0.0649. The van der Waals surface area contributed by atoms with E-state index in [1.54, 1.807) is 0 Å². The fourth-order valence-corrected chi connectivity index (χ4v) is 7.68. The number of unbranched alkanes of at least 4 members (excludes halogenated alkanes) is 12. The molecule has 0 bridgehead atoms. The van der Waals surface area contributed by atoms with E-state index in [0.717, 1.165) is 52.9 Å². The van der Waals surface area contributed by atoms with Gasteiger partial charge in [0.2, 0.25) is 0 Å². The van der Waals surface area contributed by atoms with Crippen LogP contribution >= 0.6 is 7.94 Å². The van der Waals surface area contributed by atoms with Crippen molar-refractivity contribution in [1.29, 1.82) is 0 Å². The Balaban J connectivity index is 1.55. The zero-order chi connectivity index (χ0) is 30.6. The van der Waals surface area contributed by atoms with Gasteiger partial charge in [-0.1, -0.05) is 125 Å². The molecule has 0 aliphatic rings. The molecule has 43 heavy (non-hydrogen) atoms. The minimum absolute atomic E-state index is 0.727. The Kier molecular flexibility index (Phi) is 16.3. The predicted molar refractivity (Wildman–Crippen MR) is 187 cm³/mol. The second-order valence-electron chi connectivity index (χ2n) is 11.8. The molecule has 4 heteroatoms. The van der Waals surface area contributed by atoms with E-state index in [9.17, 15) is 0 Å². The fourth-order valence-electron chi connectivity index (χ4n) is 5.17. The van der Waals surface area contributed by atoms with E-state index < -0.39 is 7.94 Å². The second kappa shape index (κ2) is 20.2. The van der Waals surface area contributed by atoms with Crippen LogP contribution in [0.2, 0.25) is 0 Å². The minimum atomic E-state index is -2.84. The summed E-state index contributed by atoms with van der Waals surface area (Å²) in [5, 5.41) is 0. The van der Waals surface area contributed by atoms with Crippen LogP contribution in [0.15, 0.2) is 84.9 Å². The van der Waals surface area contributed by atoms with Gasteiger partial charge in [-0.15, -0.1) is 0 Å². The van der Waals surface area contributed by atoms with Crippen molar-refractivity contribution in [3.05, 3.63) is 102 Å². The molecule has 0 spiro atoms. The van der Waals surface area contributed by atoms with Gasteiger partial charge in [0, 0.05) is 0 Å². The van der Waals surface area contributed by atoms with Crippen LogP contribution in [0.5, 0.6) is 17.2 Å². The normalized spacial score (nSPS) is 11.6. The van der Waals surface area contributed by atoms with Crippen molar-refractivity contribution in [3.8, 4) is 17.2 Å². The number of benzene rings is 3. The third kappa shape index (κ3) is 13.2. The number of allylic oxidation sites excluding steroid dienone is 2. The van der Waals surface area contributed by atoms with Gasteiger partial charge in [-0.25, -0.2) is 0 Å². The number of para-hydroxylation sites is 3. The van der Waals surface area contributed by atoms with Gasteiger partial charge < -0.3 is 0 Å². The second-order valence-corrected chi connectivity index (χ2v) is 14.1. The highest BCUT2D eigenvalue weighted by Gasteiger charge is 2.50. The van der Waals surface area contributed by atoms with Crippen molar-refractivity contribution in [3.63, 3.8) is 0 Å². The molecule has 0 saturated heterocycles. The molecular weight excluding hydrogens is 547 g/mol. The topological polar surface area (TPSA) is 27.7 Å². The molecule has 0 amide bonds. The van der Waals surface area contributed by atoms with E-state index in [-0.39, 0.29) is 0 Å². The van der Waals surface area contributed by atoms with E-state index in [0.29, 0.717) is 0 Å². The summed E-state index contributed by atoms with van der Waals surface area (Å²) in [6, 6.07) is 24.5. The lowest BCUT2D eigenvalue weighted by Gasteiger charge is -2.25. The molecule has 0 aromatic heterocycles. The molecule has 0 heterocycles. The van der Waals surface area contributed by atoms with Crippen LogP contribution in [0, 0.1) is 20.8 Å². The molecule has 0 aliphatic heterocycles. The van der Waals surface area contributed by atoms with Crippen molar-refractivity contribution in [2.24, 2.45) is 0 Å². The van der Waals surface area contributed by atoms with E-state index in [2.05, 4.69) is 58.0 Å². The first kappa shape index (κ1) is 34.7. The molecule has 0 N–H and O–H groups in total. The average molecular weight is 604 g/mol. The van der Waals surface area contributed by atoms with Crippen LogP contribution in [-0.2, 0) is 0 Å². The maximum atomic E-state index is 6.83. The highest BCUT2D eigenvalue weighted by molar-refractivity contribution is 7.62. The summed E-state index contributed by atoms with van der Waals surface area (Å²) in [6.07, 6.45) is 23.5. The van der Waals surface area contributed by atoms with Gasteiger partial charge in [-0.05, 0) is 94.2 Å². The summed E-state index contributed by atoms with van der Waals surface area (Å²) >= 11 is 0. The molecular formula is C39H56O3P+. The minimum Gasteiger partial charge on any atom is -0.271 e. The van der Waals surface area contributed by atoms with Crippen LogP contribution in [0.1, 0.15) is 114 Å². The van der Waals surface area contributed by atoms with E-state index in [4.69, 9.17) is 13.6 Å². The zero-order valence-corrected chi connectivity index (χ0v) is 28.3. The van der Waals surface area contributed by atoms with Gasteiger partial charge in [0.1, 0.15) is 0 Å². The van der Waals surface area contributed by atoms with Gasteiger partial charge in [0.25, 0.3) is 0 Å². The summed E-state index contributed by atoms with van der Waals surface area (Å²) in [4.78, 5) is 0. The number of rotatable bonds is 22. The largest absolute Gasteiger partial charge is 0.541 e. The molecule has 3 aromatic carbocycles. The Bertz CT molecular complexity index is 1090. The lowest BCUT2D eigenvalue weighted by Crippen LogP contribution is -2.20. The summed E-state index contributed by atoms with van der Waals surface area (Å²) in [6.45, 7) is 8.52. The van der Waals surface area contributed by atoms with E-state index in [1.807, 2.05) is 54.6 Å². The monoisotopic (exact) mass is 603 g/mol.